The van der Waals surface area contributed by atoms with Gasteiger partial charge in [-0.3, -0.25) is 19.9 Å². The van der Waals surface area contributed by atoms with Crippen LogP contribution in [0.15, 0.2) is 42.7 Å². The van der Waals surface area contributed by atoms with Gasteiger partial charge in [0.15, 0.2) is 0 Å². The first-order valence-electron chi connectivity index (χ1n) is 6.19. The van der Waals surface area contributed by atoms with Crippen molar-refractivity contribution in [3.8, 4) is 0 Å². The van der Waals surface area contributed by atoms with Gasteiger partial charge in [-0.2, -0.15) is 0 Å². The van der Waals surface area contributed by atoms with E-state index in [0.29, 0.717) is 5.69 Å². The predicted octanol–water partition coefficient (Wildman–Crippen LogP) is 2.31. The summed E-state index contributed by atoms with van der Waals surface area (Å²) in [6.07, 6.45) is 3.15. The lowest BCUT2D eigenvalue weighted by Crippen LogP contribution is -2.27. The second-order valence-electron chi connectivity index (χ2n) is 4.28. The van der Waals surface area contributed by atoms with Crippen molar-refractivity contribution < 1.29 is 9.72 Å². The van der Waals surface area contributed by atoms with Crippen LogP contribution in [0.3, 0.4) is 0 Å². The van der Waals surface area contributed by atoms with E-state index in [0.717, 1.165) is 0 Å². The molecular weight excluding hydrogens is 272 g/mol. The fourth-order valence-corrected chi connectivity index (χ4v) is 2.00. The number of hydrogen-bond acceptors (Lipinski definition) is 5. The second kappa shape index (κ2) is 6.00. The van der Waals surface area contributed by atoms with Crippen molar-refractivity contribution in [3.63, 3.8) is 0 Å². The van der Waals surface area contributed by atoms with Gasteiger partial charge >= 0.3 is 0 Å². The van der Waals surface area contributed by atoms with Gasteiger partial charge in [-0.1, -0.05) is 6.07 Å². The van der Waals surface area contributed by atoms with Crippen LogP contribution >= 0.6 is 0 Å². The number of hydrogen-bond donors (Lipinski definition) is 1. The molecule has 0 atom stereocenters. The third-order valence-electron chi connectivity index (χ3n) is 3.07. The smallest absolute Gasteiger partial charge is 0.293 e. The van der Waals surface area contributed by atoms with E-state index in [4.69, 9.17) is 0 Å². The molecule has 0 aliphatic carbocycles. The van der Waals surface area contributed by atoms with Crippen LogP contribution in [-0.4, -0.2) is 29.9 Å². The molecule has 0 saturated carbocycles. The van der Waals surface area contributed by atoms with Crippen LogP contribution in [0.5, 0.6) is 0 Å². The number of nitro groups is 1. The Bertz CT molecular complexity index is 673. The fourth-order valence-electron chi connectivity index (χ4n) is 2.00. The maximum Gasteiger partial charge on any atom is 0.293 e. The first kappa shape index (κ1) is 14.4. The maximum atomic E-state index is 12.5. The van der Waals surface area contributed by atoms with E-state index in [2.05, 4.69) is 10.3 Å². The number of carbonyl (C=O) groups is 1. The number of carbonyl (C=O) groups excluding carboxylic acids is 1. The molecule has 0 fully saturated rings. The molecule has 0 aliphatic heterocycles. The van der Waals surface area contributed by atoms with E-state index < -0.39 is 4.92 Å². The quantitative estimate of drug-likeness (QED) is 0.688. The molecule has 7 heteroatoms. The van der Waals surface area contributed by atoms with Crippen LogP contribution in [0.1, 0.15) is 10.4 Å². The summed E-state index contributed by atoms with van der Waals surface area (Å²) in [6, 6.07) is 7.78. The highest BCUT2D eigenvalue weighted by molar-refractivity contribution is 6.10. The van der Waals surface area contributed by atoms with Gasteiger partial charge in [0.25, 0.3) is 11.6 Å². The van der Waals surface area contributed by atoms with Gasteiger partial charge in [-0.05, 0) is 18.2 Å². The van der Waals surface area contributed by atoms with Crippen LogP contribution in [-0.2, 0) is 0 Å². The lowest BCUT2D eigenvalue weighted by atomic mass is 10.1. The number of nitrogens with one attached hydrogen (secondary N) is 1. The summed E-state index contributed by atoms with van der Waals surface area (Å²) in [5.41, 5.74) is 0.967. The zero-order chi connectivity index (χ0) is 15.4. The van der Waals surface area contributed by atoms with Crippen molar-refractivity contribution >= 4 is 23.0 Å². The van der Waals surface area contributed by atoms with E-state index in [-0.39, 0.29) is 22.8 Å². The largest absolute Gasteiger partial charge is 0.382 e. The number of anilines is 2. The van der Waals surface area contributed by atoms with Gasteiger partial charge in [-0.15, -0.1) is 0 Å². The molecule has 7 nitrogen and oxygen atoms in total. The predicted molar refractivity (Wildman–Crippen MR) is 79.6 cm³/mol. The van der Waals surface area contributed by atoms with Crippen LogP contribution in [0.2, 0.25) is 0 Å². The van der Waals surface area contributed by atoms with E-state index in [9.17, 15) is 14.9 Å². The lowest BCUT2D eigenvalue weighted by molar-refractivity contribution is -0.384. The van der Waals surface area contributed by atoms with Crippen molar-refractivity contribution in [1.82, 2.24) is 4.98 Å². The van der Waals surface area contributed by atoms with Gasteiger partial charge in [-0.25, -0.2) is 0 Å². The summed E-state index contributed by atoms with van der Waals surface area (Å²) in [5.74, 6) is -0.339. The molecular formula is C14H14N4O3. The Morgan fingerprint density at radius 2 is 1.95 bits per heavy atom. The third kappa shape index (κ3) is 2.81. The van der Waals surface area contributed by atoms with E-state index in [1.54, 1.807) is 44.7 Å². The van der Waals surface area contributed by atoms with Crippen LogP contribution in [0.25, 0.3) is 0 Å². The Balaban J connectivity index is 2.44. The van der Waals surface area contributed by atoms with Gasteiger partial charge < -0.3 is 10.2 Å². The lowest BCUT2D eigenvalue weighted by Gasteiger charge is -2.18. The molecule has 2 aromatic rings. The van der Waals surface area contributed by atoms with Crippen LogP contribution < -0.4 is 10.2 Å². The summed E-state index contributed by atoms with van der Waals surface area (Å²) < 4.78 is 0. The first-order valence-corrected chi connectivity index (χ1v) is 6.19. The minimum Gasteiger partial charge on any atom is -0.382 e. The molecule has 0 radical (unpaired) electrons. The zero-order valence-electron chi connectivity index (χ0n) is 11.6. The number of nitrogens with zero attached hydrogens (tertiary/aromatic N) is 3. The fraction of sp³-hybridized carbons (Fsp3) is 0.143. The normalized spacial score (nSPS) is 10.0. The molecule has 21 heavy (non-hydrogen) atoms. The molecule has 1 heterocycles. The molecule has 0 saturated heterocycles. The standard InChI is InChI=1S/C14H14N4O3/c1-15-13-11(4-3-5-12(13)18(20)21)14(19)17(2)10-6-8-16-9-7-10/h3-9,15H,1-2H3. The number of nitro benzene ring substituents is 1. The van der Waals surface area contributed by atoms with Crippen molar-refractivity contribution in [3.05, 3.63) is 58.4 Å². The topological polar surface area (TPSA) is 88.4 Å². The molecule has 1 aromatic heterocycles. The second-order valence-corrected chi connectivity index (χ2v) is 4.28. The Morgan fingerprint density at radius 3 is 2.52 bits per heavy atom. The molecule has 1 N–H and O–H groups in total. The summed E-state index contributed by atoms with van der Waals surface area (Å²) in [4.78, 5) is 28.4. The average molecular weight is 286 g/mol. The van der Waals surface area contributed by atoms with Crippen LogP contribution in [0, 0.1) is 10.1 Å². The summed E-state index contributed by atoms with van der Waals surface area (Å²) in [7, 11) is 3.15. The molecule has 0 aliphatic rings. The molecule has 108 valence electrons. The Hall–Kier alpha value is -2.96. The Labute approximate surface area is 121 Å². The summed E-state index contributed by atoms with van der Waals surface area (Å²) in [5, 5.41) is 13.8. The minimum absolute atomic E-state index is 0.133. The number of rotatable bonds is 4. The number of aromatic nitrogens is 1. The minimum atomic E-state index is -0.519. The zero-order valence-corrected chi connectivity index (χ0v) is 11.6. The number of benzene rings is 1. The SMILES string of the molecule is CNc1c(C(=O)N(C)c2ccncc2)cccc1[N+](=O)[O-]. The number of para-hydroxylation sites is 1. The van der Waals surface area contributed by atoms with E-state index >= 15 is 0 Å². The van der Waals surface area contributed by atoms with Crippen molar-refractivity contribution in [2.75, 3.05) is 24.3 Å². The van der Waals surface area contributed by atoms with Crippen molar-refractivity contribution in [1.29, 1.82) is 0 Å². The van der Waals surface area contributed by atoms with Crippen molar-refractivity contribution in [2.24, 2.45) is 0 Å². The van der Waals surface area contributed by atoms with Gasteiger partial charge in [0.2, 0.25) is 0 Å². The summed E-state index contributed by atoms with van der Waals surface area (Å²) >= 11 is 0. The molecule has 0 unspecified atom stereocenters. The highest BCUT2D eigenvalue weighted by Crippen LogP contribution is 2.29. The van der Waals surface area contributed by atoms with E-state index in [1.165, 1.54) is 17.0 Å². The number of amides is 1. The molecule has 2 rings (SSSR count). The molecule has 1 aromatic carbocycles. The molecule has 0 spiro atoms. The van der Waals surface area contributed by atoms with E-state index in [1.807, 2.05) is 0 Å². The highest BCUT2D eigenvalue weighted by atomic mass is 16.6. The van der Waals surface area contributed by atoms with Gasteiger partial charge in [0.05, 0.1) is 10.5 Å². The average Bonchev–Trinajstić information content (AvgIpc) is 2.53. The van der Waals surface area contributed by atoms with Gasteiger partial charge in [0, 0.05) is 38.2 Å². The maximum absolute atomic E-state index is 12.5. The molecule has 0 bridgehead atoms. The van der Waals surface area contributed by atoms with Crippen LogP contribution in [0.4, 0.5) is 17.1 Å². The highest BCUT2D eigenvalue weighted by Gasteiger charge is 2.23. The Morgan fingerprint density at radius 1 is 1.29 bits per heavy atom. The Kier molecular flexibility index (Phi) is 4.13. The number of pyridine rings is 1. The monoisotopic (exact) mass is 286 g/mol. The molecule has 1 amide bonds. The van der Waals surface area contributed by atoms with Gasteiger partial charge in [0.1, 0.15) is 5.69 Å². The first-order chi connectivity index (χ1) is 10.1. The third-order valence-corrected chi connectivity index (χ3v) is 3.07. The summed E-state index contributed by atoms with van der Waals surface area (Å²) in [6.45, 7) is 0. The van der Waals surface area contributed by atoms with Crippen molar-refractivity contribution in [2.45, 2.75) is 0 Å².